The molecule has 6 heteroatoms. The summed E-state index contributed by atoms with van der Waals surface area (Å²) in [7, 11) is 0. The summed E-state index contributed by atoms with van der Waals surface area (Å²) < 4.78 is 10.9. The van der Waals surface area contributed by atoms with Gasteiger partial charge in [0.1, 0.15) is 11.5 Å². The van der Waals surface area contributed by atoms with Crippen LogP contribution in [0.5, 0.6) is 11.5 Å². The minimum Gasteiger partial charge on any atom is -0.484 e. The average Bonchev–Trinajstić information content (AvgIpc) is 2.65. The van der Waals surface area contributed by atoms with E-state index in [1.54, 1.807) is 19.1 Å². The van der Waals surface area contributed by atoms with E-state index in [1.165, 1.54) is 5.56 Å². The van der Waals surface area contributed by atoms with Crippen molar-refractivity contribution in [3.8, 4) is 11.5 Å². The number of carbonyl (C=O) groups excluding carboxylic acids is 2. The molecule has 0 fully saturated rings. The van der Waals surface area contributed by atoms with Crippen molar-refractivity contribution in [2.24, 2.45) is 0 Å². The van der Waals surface area contributed by atoms with Crippen LogP contribution in [0.4, 0.5) is 0 Å². The van der Waals surface area contributed by atoms with Gasteiger partial charge in [-0.2, -0.15) is 0 Å². The van der Waals surface area contributed by atoms with Crippen molar-refractivity contribution < 1.29 is 19.1 Å². The average molecular weight is 356 g/mol. The smallest absolute Gasteiger partial charge is 0.279 e. The lowest BCUT2D eigenvalue weighted by Gasteiger charge is -2.16. The molecule has 2 amide bonds. The first kappa shape index (κ1) is 19.3. The number of amides is 2. The maximum atomic E-state index is 12.0. The maximum Gasteiger partial charge on any atom is 0.279 e. The van der Waals surface area contributed by atoms with Crippen LogP contribution in [0.1, 0.15) is 32.3 Å². The Kier molecular flexibility index (Phi) is 7.02. The summed E-state index contributed by atoms with van der Waals surface area (Å²) in [5.41, 5.74) is 5.82. The summed E-state index contributed by atoms with van der Waals surface area (Å²) in [6.07, 6.45) is -0.754. The fourth-order valence-electron chi connectivity index (χ4n) is 2.12. The molecule has 6 nitrogen and oxygen atoms in total. The van der Waals surface area contributed by atoms with Gasteiger partial charge in [-0.15, -0.1) is 0 Å². The number of carbonyl (C=O) groups is 2. The zero-order valence-electron chi connectivity index (χ0n) is 15.2. The first-order valence-electron chi connectivity index (χ1n) is 8.49. The van der Waals surface area contributed by atoms with E-state index in [0.717, 1.165) is 0 Å². The zero-order valence-corrected chi connectivity index (χ0v) is 15.2. The molecule has 0 aliphatic rings. The predicted octanol–water partition coefficient (Wildman–Crippen LogP) is 2.80. The third kappa shape index (κ3) is 6.12. The number of benzene rings is 2. The van der Waals surface area contributed by atoms with Crippen LogP contribution >= 0.6 is 0 Å². The van der Waals surface area contributed by atoms with Crippen LogP contribution in [0.2, 0.25) is 0 Å². The second kappa shape index (κ2) is 9.46. The van der Waals surface area contributed by atoms with Crippen molar-refractivity contribution in [2.45, 2.75) is 32.8 Å². The quantitative estimate of drug-likeness (QED) is 0.748. The van der Waals surface area contributed by atoms with Gasteiger partial charge in [0.25, 0.3) is 11.8 Å². The molecule has 1 atom stereocenters. The topological polar surface area (TPSA) is 76.7 Å². The molecule has 0 bridgehead atoms. The predicted molar refractivity (Wildman–Crippen MR) is 98.8 cm³/mol. The molecule has 0 radical (unpaired) electrons. The van der Waals surface area contributed by atoms with Crippen LogP contribution < -0.4 is 20.3 Å². The number of nitrogens with one attached hydrogen (secondary N) is 2. The van der Waals surface area contributed by atoms with Crippen LogP contribution in [0.3, 0.4) is 0 Å². The van der Waals surface area contributed by atoms with E-state index in [4.69, 9.17) is 9.47 Å². The van der Waals surface area contributed by atoms with E-state index >= 15 is 0 Å². The highest BCUT2D eigenvalue weighted by atomic mass is 16.5. The molecule has 2 aromatic carbocycles. The molecule has 0 aliphatic carbocycles. The minimum atomic E-state index is -0.754. The standard InChI is InChI=1S/C20H24N2O4/c1-14(2)16-9-11-18(12-10-16)26-15(3)20(24)22-21-19(23)13-25-17-7-5-4-6-8-17/h4-12,14-15H,13H2,1-3H3,(H,21,23)(H,22,24)/t15-/m1/s1. The molecule has 2 aromatic rings. The third-order valence-corrected chi connectivity index (χ3v) is 3.67. The molecule has 0 aromatic heterocycles. The molecule has 0 saturated heterocycles. The van der Waals surface area contributed by atoms with Gasteiger partial charge >= 0.3 is 0 Å². The van der Waals surface area contributed by atoms with Gasteiger partial charge in [0.15, 0.2) is 12.7 Å². The Hall–Kier alpha value is -3.02. The normalized spacial score (nSPS) is 11.5. The van der Waals surface area contributed by atoms with Gasteiger partial charge < -0.3 is 9.47 Å². The van der Waals surface area contributed by atoms with Crippen LogP contribution in [0, 0.1) is 0 Å². The lowest BCUT2D eigenvalue weighted by molar-refractivity contribution is -0.133. The minimum absolute atomic E-state index is 0.198. The molecule has 138 valence electrons. The number of para-hydroxylation sites is 1. The van der Waals surface area contributed by atoms with Gasteiger partial charge in [0, 0.05) is 0 Å². The zero-order chi connectivity index (χ0) is 18.9. The van der Waals surface area contributed by atoms with Gasteiger partial charge in [-0.05, 0) is 42.7 Å². The fraction of sp³-hybridized carbons (Fsp3) is 0.300. The Morgan fingerprint density at radius 3 is 2.15 bits per heavy atom. The van der Waals surface area contributed by atoms with E-state index in [2.05, 4.69) is 24.7 Å². The highest BCUT2D eigenvalue weighted by molar-refractivity contribution is 5.85. The second-order valence-electron chi connectivity index (χ2n) is 6.12. The summed E-state index contributed by atoms with van der Waals surface area (Å²) >= 11 is 0. The highest BCUT2D eigenvalue weighted by Gasteiger charge is 2.15. The number of rotatable bonds is 7. The summed E-state index contributed by atoms with van der Waals surface area (Å²) in [5, 5.41) is 0. The van der Waals surface area contributed by atoms with Gasteiger partial charge in [-0.1, -0.05) is 44.2 Å². The van der Waals surface area contributed by atoms with Gasteiger partial charge in [-0.25, -0.2) is 0 Å². The monoisotopic (exact) mass is 356 g/mol. The van der Waals surface area contributed by atoms with Crippen LogP contribution in [0.25, 0.3) is 0 Å². The number of hydrogen-bond donors (Lipinski definition) is 2. The van der Waals surface area contributed by atoms with Crippen molar-refractivity contribution in [3.63, 3.8) is 0 Å². The first-order chi connectivity index (χ1) is 12.5. The van der Waals surface area contributed by atoms with Crippen molar-refractivity contribution in [1.82, 2.24) is 10.9 Å². The first-order valence-corrected chi connectivity index (χ1v) is 8.49. The van der Waals surface area contributed by atoms with Gasteiger partial charge in [0.2, 0.25) is 0 Å². The Bertz CT molecular complexity index is 714. The fourth-order valence-corrected chi connectivity index (χ4v) is 2.12. The van der Waals surface area contributed by atoms with Crippen LogP contribution in [-0.4, -0.2) is 24.5 Å². The summed E-state index contributed by atoms with van der Waals surface area (Å²) in [4.78, 5) is 23.7. The highest BCUT2D eigenvalue weighted by Crippen LogP contribution is 2.19. The van der Waals surface area contributed by atoms with Crippen molar-refractivity contribution in [2.75, 3.05) is 6.61 Å². The second-order valence-corrected chi connectivity index (χ2v) is 6.12. The third-order valence-electron chi connectivity index (χ3n) is 3.67. The number of hydrazine groups is 1. The molecule has 0 unspecified atom stereocenters. The van der Waals surface area contributed by atoms with Crippen molar-refractivity contribution in [1.29, 1.82) is 0 Å². The van der Waals surface area contributed by atoms with Gasteiger partial charge in [-0.3, -0.25) is 20.4 Å². The lowest BCUT2D eigenvalue weighted by Crippen LogP contribution is -2.48. The Labute approximate surface area is 153 Å². The lowest BCUT2D eigenvalue weighted by atomic mass is 10.0. The molecular formula is C20H24N2O4. The Balaban J connectivity index is 1.73. The van der Waals surface area contributed by atoms with E-state index in [-0.39, 0.29) is 6.61 Å². The maximum absolute atomic E-state index is 12.0. The largest absolute Gasteiger partial charge is 0.484 e. The van der Waals surface area contributed by atoms with Crippen molar-refractivity contribution in [3.05, 3.63) is 60.2 Å². The number of hydrogen-bond acceptors (Lipinski definition) is 4. The molecule has 0 saturated carbocycles. The van der Waals surface area contributed by atoms with E-state index in [9.17, 15) is 9.59 Å². The molecule has 26 heavy (non-hydrogen) atoms. The molecule has 0 heterocycles. The van der Waals surface area contributed by atoms with E-state index < -0.39 is 17.9 Å². The molecule has 0 spiro atoms. The Morgan fingerprint density at radius 1 is 0.885 bits per heavy atom. The SMILES string of the molecule is CC(C)c1ccc(O[C@H](C)C(=O)NNC(=O)COc2ccccc2)cc1. The van der Waals surface area contributed by atoms with E-state index in [1.807, 2.05) is 42.5 Å². The summed E-state index contributed by atoms with van der Waals surface area (Å²) in [6, 6.07) is 16.5. The van der Waals surface area contributed by atoms with Crippen LogP contribution in [0.15, 0.2) is 54.6 Å². The summed E-state index contributed by atoms with van der Waals surface area (Å²) in [6.45, 7) is 5.63. The van der Waals surface area contributed by atoms with Crippen LogP contribution in [-0.2, 0) is 9.59 Å². The number of ether oxygens (including phenoxy) is 2. The van der Waals surface area contributed by atoms with E-state index in [0.29, 0.717) is 17.4 Å². The van der Waals surface area contributed by atoms with Gasteiger partial charge in [0.05, 0.1) is 0 Å². The molecular weight excluding hydrogens is 332 g/mol. The van der Waals surface area contributed by atoms with Crippen molar-refractivity contribution >= 4 is 11.8 Å². The molecule has 0 aliphatic heterocycles. The molecule has 2 N–H and O–H groups in total. The molecule has 2 rings (SSSR count). The summed E-state index contributed by atoms with van der Waals surface area (Å²) in [5.74, 6) is 0.686. The Morgan fingerprint density at radius 2 is 1.54 bits per heavy atom.